The van der Waals surface area contributed by atoms with E-state index in [4.69, 9.17) is 4.74 Å². The third-order valence-corrected chi connectivity index (χ3v) is 4.75. The Balaban J connectivity index is 1.33. The lowest BCUT2D eigenvalue weighted by atomic mass is 10.1. The largest absolute Gasteiger partial charge is 0.471 e. The van der Waals surface area contributed by atoms with Crippen molar-refractivity contribution in [1.82, 2.24) is 19.6 Å². The van der Waals surface area contributed by atoms with Gasteiger partial charge >= 0.3 is 6.18 Å². The van der Waals surface area contributed by atoms with Crippen LogP contribution in [0.4, 0.5) is 19.0 Å². The fraction of sp³-hybridized carbons (Fsp3) is 0.174. The lowest BCUT2D eigenvalue weighted by Gasteiger charge is -2.10. The van der Waals surface area contributed by atoms with Gasteiger partial charge in [-0.05, 0) is 36.8 Å². The summed E-state index contributed by atoms with van der Waals surface area (Å²) in [5.41, 5.74) is 1.57. The first-order valence-corrected chi connectivity index (χ1v) is 10.0. The third kappa shape index (κ3) is 5.79. The molecule has 2 aromatic carbocycles. The van der Waals surface area contributed by atoms with E-state index in [-0.39, 0.29) is 18.2 Å². The molecule has 0 atom stereocenters. The predicted molar refractivity (Wildman–Crippen MR) is 115 cm³/mol. The van der Waals surface area contributed by atoms with Gasteiger partial charge in [0.05, 0.1) is 12.1 Å². The van der Waals surface area contributed by atoms with Gasteiger partial charge in [-0.25, -0.2) is 4.68 Å². The molecule has 0 unspecified atom stereocenters. The Morgan fingerprint density at radius 3 is 2.52 bits per heavy atom. The average Bonchev–Trinajstić information content (AvgIpc) is 3.43. The normalized spacial score (nSPS) is 11.4. The summed E-state index contributed by atoms with van der Waals surface area (Å²) >= 11 is 0. The number of nitrogens with zero attached hydrogens (tertiary/aromatic N) is 4. The number of aromatic nitrogens is 4. The minimum Gasteiger partial charge on any atom is -0.471 e. The Bertz CT molecular complexity index is 1250. The van der Waals surface area contributed by atoms with Crippen LogP contribution in [0.2, 0.25) is 0 Å². The molecule has 2 aromatic heterocycles. The van der Waals surface area contributed by atoms with Crippen molar-refractivity contribution >= 4 is 11.7 Å². The molecule has 0 saturated heterocycles. The highest BCUT2D eigenvalue weighted by molar-refractivity contribution is 6.02. The van der Waals surface area contributed by atoms with Gasteiger partial charge in [-0.2, -0.15) is 23.4 Å². The molecule has 0 aliphatic heterocycles. The number of carbonyl (C=O) groups excluding carboxylic acids is 1. The lowest BCUT2D eigenvalue weighted by Crippen LogP contribution is -2.15. The molecule has 0 aliphatic carbocycles. The second kappa shape index (κ2) is 9.19. The van der Waals surface area contributed by atoms with Crippen LogP contribution in [0.15, 0.2) is 73.1 Å². The van der Waals surface area contributed by atoms with Crippen molar-refractivity contribution in [3.63, 3.8) is 0 Å². The zero-order valence-electron chi connectivity index (χ0n) is 17.6. The van der Waals surface area contributed by atoms with Crippen LogP contribution in [0.25, 0.3) is 0 Å². The van der Waals surface area contributed by atoms with Crippen molar-refractivity contribution in [2.75, 3.05) is 5.32 Å². The maximum atomic E-state index is 12.8. The summed E-state index contributed by atoms with van der Waals surface area (Å²) in [6.45, 7) is 2.43. The number of benzene rings is 2. The first kappa shape index (κ1) is 22.1. The molecule has 4 aromatic rings. The van der Waals surface area contributed by atoms with Gasteiger partial charge < -0.3 is 10.1 Å². The zero-order chi connectivity index (χ0) is 23.4. The molecule has 7 nitrogen and oxygen atoms in total. The quantitative estimate of drug-likeness (QED) is 0.437. The maximum Gasteiger partial charge on any atom is 0.416 e. The Labute approximate surface area is 187 Å². The van der Waals surface area contributed by atoms with E-state index in [1.807, 2.05) is 31.2 Å². The van der Waals surface area contributed by atoms with Crippen molar-refractivity contribution in [3.8, 4) is 5.75 Å². The number of hydrogen-bond acceptors (Lipinski definition) is 4. The molecule has 2 heterocycles. The van der Waals surface area contributed by atoms with Crippen LogP contribution in [0.3, 0.4) is 0 Å². The molecule has 0 saturated carbocycles. The van der Waals surface area contributed by atoms with Crippen molar-refractivity contribution in [2.24, 2.45) is 0 Å². The Kier molecular flexibility index (Phi) is 6.16. The fourth-order valence-electron chi connectivity index (χ4n) is 3.03. The van der Waals surface area contributed by atoms with Crippen molar-refractivity contribution < 1.29 is 22.7 Å². The SMILES string of the molecule is Cc1ccc(Cn2ccc(NC(=O)c3ccn(COc4cccc(C(F)(F)F)c4)n3)n2)cc1. The second-order valence-corrected chi connectivity index (χ2v) is 7.38. The molecule has 33 heavy (non-hydrogen) atoms. The van der Waals surface area contributed by atoms with E-state index >= 15 is 0 Å². The van der Waals surface area contributed by atoms with Gasteiger partial charge in [-0.1, -0.05) is 35.9 Å². The zero-order valence-corrected chi connectivity index (χ0v) is 17.6. The van der Waals surface area contributed by atoms with E-state index in [2.05, 4.69) is 15.5 Å². The maximum absolute atomic E-state index is 12.8. The number of carbonyl (C=O) groups is 1. The van der Waals surface area contributed by atoms with E-state index in [0.717, 1.165) is 17.7 Å². The van der Waals surface area contributed by atoms with Crippen molar-refractivity contribution in [3.05, 3.63) is 95.4 Å². The topological polar surface area (TPSA) is 74.0 Å². The van der Waals surface area contributed by atoms with Crippen LogP contribution >= 0.6 is 0 Å². The van der Waals surface area contributed by atoms with E-state index < -0.39 is 17.6 Å². The average molecular weight is 455 g/mol. The molecule has 10 heteroatoms. The molecule has 0 bridgehead atoms. The number of ether oxygens (including phenoxy) is 1. The van der Waals surface area contributed by atoms with Crippen LogP contribution in [-0.4, -0.2) is 25.5 Å². The predicted octanol–water partition coefficient (Wildman–Crippen LogP) is 4.74. The minimum atomic E-state index is -4.45. The number of nitrogens with one attached hydrogen (secondary N) is 1. The lowest BCUT2D eigenvalue weighted by molar-refractivity contribution is -0.137. The molecule has 1 N–H and O–H groups in total. The third-order valence-electron chi connectivity index (χ3n) is 4.75. The molecule has 0 fully saturated rings. The Morgan fingerprint density at radius 1 is 1.00 bits per heavy atom. The monoisotopic (exact) mass is 455 g/mol. The number of anilines is 1. The van der Waals surface area contributed by atoms with Gasteiger partial charge in [-0.3, -0.25) is 9.48 Å². The van der Waals surface area contributed by atoms with E-state index in [1.54, 1.807) is 16.9 Å². The Morgan fingerprint density at radius 2 is 1.76 bits per heavy atom. The summed E-state index contributed by atoms with van der Waals surface area (Å²) < 4.78 is 46.8. The van der Waals surface area contributed by atoms with E-state index in [1.165, 1.54) is 34.6 Å². The Hall–Kier alpha value is -4.08. The highest BCUT2D eigenvalue weighted by Gasteiger charge is 2.30. The molecule has 4 rings (SSSR count). The molecule has 0 radical (unpaired) electrons. The van der Waals surface area contributed by atoms with Gasteiger partial charge in [0.25, 0.3) is 5.91 Å². The van der Waals surface area contributed by atoms with Crippen LogP contribution in [0, 0.1) is 6.92 Å². The van der Waals surface area contributed by atoms with E-state index in [0.29, 0.717) is 12.4 Å². The number of hydrogen-bond donors (Lipinski definition) is 1. The molecule has 1 amide bonds. The van der Waals surface area contributed by atoms with Crippen LogP contribution < -0.4 is 10.1 Å². The van der Waals surface area contributed by atoms with Gasteiger partial charge in [0.15, 0.2) is 18.2 Å². The summed E-state index contributed by atoms with van der Waals surface area (Å²) in [6, 6.07) is 15.8. The van der Waals surface area contributed by atoms with Crippen LogP contribution in [0.1, 0.15) is 27.2 Å². The molecule has 0 spiro atoms. The molecular weight excluding hydrogens is 435 g/mol. The first-order chi connectivity index (χ1) is 15.8. The fourth-order valence-corrected chi connectivity index (χ4v) is 3.03. The molecule has 170 valence electrons. The summed E-state index contributed by atoms with van der Waals surface area (Å²) in [7, 11) is 0. The molecule has 0 aliphatic rings. The number of amides is 1. The summed E-state index contributed by atoms with van der Waals surface area (Å²) in [4.78, 5) is 12.5. The van der Waals surface area contributed by atoms with Gasteiger partial charge in [0.1, 0.15) is 5.75 Å². The number of halogens is 3. The highest BCUT2D eigenvalue weighted by atomic mass is 19.4. The first-order valence-electron chi connectivity index (χ1n) is 10.0. The summed E-state index contributed by atoms with van der Waals surface area (Å²) in [5.74, 6) is -0.0410. The smallest absolute Gasteiger partial charge is 0.416 e. The standard InChI is InChI=1S/C23H20F3N5O2/c1-16-5-7-17(8-6-16)14-30-12-10-21(29-30)27-22(32)20-9-11-31(28-20)15-33-19-4-2-3-18(13-19)23(24,25)26/h2-13H,14-15H2,1H3,(H,27,29,32). The summed E-state index contributed by atoms with van der Waals surface area (Å²) in [6.07, 6.45) is -1.20. The minimum absolute atomic E-state index is 0.0467. The highest BCUT2D eigenvalue weighted by Crippen LogP contribution is 2.31. The molecular formula is C23H20F3N5O2. The number of alkyl halides is 3. The second-order valence-electron chi connectivity index (χ2n) is 7.38. The van der Waals surface area contributed by atoms with Gasteiger partial charge in [0.2, 0.25) is 0 Å². The van der Waals surface area contributed by atoms with Crippen molar-refractivity contribution in [2.45, 2.75) is 26.4 Å². The van der Waals surface area contributed by atoms with Gasteiger partial charge in [-0.15, -0.1) is 0 Å². The van der Waals surface area contributed by atoms with Gasteiger partial charge in [0, 0.05) is 18.5 Å². The number of aryl methyl sites for hydroxylation is 1. The van der Waals surface area contributed by atoms with E-state index in [9.17, 15) is 18.0 Å². The van der Waals surface area contributed by atoms with Crippen LogP contribution in [-0.2, 0) is 19.5 Å². The number of rotatable bonds is 7. The summed E-state index contributed by atoms with van der Waals surface area (Å²) in [5, 5.41) is 11.1. The van der Waals surface area contributed by atoms with Crippen molar-refractivity contribution in [1.29, 1.82) is 0 Å². The van der Waals surface area contributed by atoms with Crippen LogP contribution in [0.5, 0.6) is 5.75 Å².